The molecule has 0 aromatic heterocycles. The Morgan fingerprint density at radius 1 is 1.36 bits per heavy atom. The van der Waals surface area contributed by atoms with Crippen molar-refractivity contribution >= 4 is 0 Å². The minimum absolute atomic E-state index is 0.527. The molecular formula is C12H17NO. The lowest BCUT2D eigenvalue weighted by atomic mass is 9.85. The zero-order valence-electron chi connectivity index (χ0n) is 8.53. The van der Waals surface area contributed by atoms with E-state index in [1.807, 2.05) is 30.3 Å². The van der Waals surface area contributed by atoms with Crippen molar-refractivity contribution in [2.45, 2.75) is 31.4 Å². The third kappa shape index (κ3) is 1.81. The topological polar surface area (TPSA) is 32.3 Å². The summed E-state index contributed by atoms with van der Waals surface area (Å²) in [5.41, 5.74) is 0.368. The lowest BCUT2D eigenvalue weighted by Crippen LogP contribution is -2.47. The molecule has 0 amide bonds. The highest BCUT2D eigenvalue weighted by atomic mass is 16.3. The number of β-amino-alcohol motifs (C(OH)–C–C–N with tert-alkyl or cyclic N) is 1. The van der Waals surface area contributed by atoms with Crippen molar-refractivity contribution in [3.8, 4) is 0 Å². The van der Waals surface area contributed by atoms with Crippen LogP contribution in [0.2, 0.25) is 0 Å². The summed E-state index contributed by atoms with van der Waals surface area (Å²) in [6, 6.07) is 10.5. The number of hydrogen-bond acceptors (Lipinski definition) is 2. The summed E-state index contributed by atoms with van der Waals surface area (Å²) < 4.78 is 0. The van der Waals surface area contributed by atoms with Crippen LogP contribution in [0.1, 0.15) is 25.3 Å². The zero-order chi connectivity index (χ0) is 10.0. The number of nitrogens with one attached hydrogen (secondary N) is 1. The van der Waals surface area contributed by atoms with Gasteiger partial charge in [-0.3, -0.25) is 0 Å². The maximum Gasteiger partial charge on any atom is 0.102 e. The number of aliphatic hydroxyl groups is 1. The van der Waals surface area contributed by atoms with E-state index < -0.39 is 5.60 Å². The molecule has 2 rings (SSSR count). The molecule has 0 aliphatic carbocycles. The predicted molar refractivity (Wildman–Crippen MR) is 57.0 cm³/mol. The maximum absolute atomic E-state index is 10.4. The Bertz CT molecular complexity index is 288. The zero-order valence-corrected chi connectivity index (χ0v) is 8.53. The highest BCUT2D eigenvalue weighted by molar-refractivity contribution is 5.23. The van der Waals surface area contributed by atoms with Crippen molar-refractivity contribution in [2.24, 2.45) is 0 Å². The summed E-state index contributed by atoms with van der Waals surface area (Å²) in [4.78, 5) is 0. The molecule has 0 radical (unpaired) electrons. The van der Waals surface area contributed by atoms with Gasteiger partial charge in [0.25, 0.3) is 0 Å². The van der Waals surface area contributed by atoms with Crippen LogP contribution in [0.4, 0.5) is 0 Å². The van der Waals surface area contributed by atoms with Crippen molar-refractivity contribution in [3.05, 3.63) is 35.9 Å². The summed E-state index contributed by atoms with van der Waals surface area (Å²) in [7, 11) is 0. The second-order valence-corrected chi connectivity index (χ2v) is 4.22. The fourth-order valence-electron chi connectivity index (χ4n) is 1.98. The third-order valence-corrected chi connectivity index (χ3v) is 3.05. The van der Waals surface area contributed by atoms with Gasteiger partial charge in [-0.05, 0) is 25.3 Å². The van der Waals surface area contributed by atoms with E-state index in [1.54, 1.807) is 0 Å². The minimum Gasteiger partial charge on any atom is -0.384 e. The van der Waals surface area contributed by atoms with E-state index in [9.17, 15) is 5.11 Å². The minimum atomic E-state index is -0.659. The molecule has 0 spiro atoms. The van der Waals surface area contributed by atoms with E-state index in [-0.39, 0.29) is 0 Å². The van der Waals surface area contributed by atoms with Crippen LogP contribution in [0.25, 0.3) is 0 Å². The number of hydrogen-bond donors (Lipinski definition) is 2. The van der Waals surface area contributed by atoms with Gasteiger partial charge in [-0.25, -0.2) is 0 Å². The molecule has 1 saturated heterocycles. The molecule has 14 heavy (non-hydrogen) atoms. The van der Waals surface area contributed by atoms with E-state index in [0.29, 0.717) is 12.6 Å². The van der Waals surface area contributed by atoms with E-state index in [4.69, 9.17) is 0 Å². The Hall–Kier alpha value is -0.860. The summed E-state index contributed by atoms with van der Waals surface area (Å²) in [6.07, 6.45) is 1.89. The third-order valence-electron chi connectivity index (χ3n) is 3.05. The summed E-state index contributed by atoms with van der Waals surface area (Å²) in [5.74, 6) is 0. The van der Waals surface area contributed by atoms with Crippen molar-refractivity contribution < 1.29 is 5.11 Å². The molecule has 1 aliphatic rings. The fraction of sp³-hybridized carbons (Fsp3) is 0.500. The average molecular weight is 191 g/mol. The molecule has 0 bridgehead atoms. The average Bonchev–Trinajstić information content (AvgIpc) is 2.24. The van der Waals surface area contributed by atoms with Gasteiger partial charge >= 0.3 is 0 Å². The van der Waals surface area contributed by atoms with Crippen molar-refractivity contribution in [1.82, 2.24) is 5.32 Å². The van der Waals surface area contributed by atoms with E-state index >= 15 is 0 Å². The molecule has 1 aromatic carbocycles. The van der Waals surface area contributed by atoms with Gasteiger partial charge in [0.05, 0.1) is 0 Å². The van der Waals surface area contributed by atoms with Crippen molar-refractivity contribution in [1.29, 1.82) is 0 Å². The molecule has 2 heteroatoms. The van der Waals surface area contributed by atoms with Gasteiger partial charge in [0, 0.05) is 12.6 Å². The van der Waals surface area contributed by atoms with Gasteiger partial charge in [-0.15, -0.1) is 0 Å². The van der Waals surface area contributed by atoms with Crippen LogP contribution in [0.3, 0.4) is 0 Å². The van der Waals surface area contributed by atoms with Crippen LogP contribution in [0.15, 0.2) is 30.3 Å². The number of rotatable bonds is 1. The van der Waals surface area contributed by atoms with Crippen LogP contribution in [-0.4, -0.2) is 17.7 Å². The molecular weight excluding hydrogens is 174 g/mol. The largest absolute Gasteiger partial charge is 0.384 e. The highest BCUT2D eigenvalue weighted by Crippen LogP contribution is 2.29. The summed E-state index contributed by atoms with van der Waals surface area (Å²) in [5, 5.41) is 13.7. The first-order chi connectivity index (χ1) is 6.71. The van der Waals surface area contributed by atoms with Gasteiger partial charge in [0.2, 0.25) is 0 Å². The lowest BCUT2D eigenvalue weighted by molar-refractivity contribution is 0.00370. The summed E-state index contributed by atoms with van der Waals surface area (Å²) >= 11 is 0. The smallest absolute Gasteiger partial charge is 0.102 e. The first-order valence-corrected chi connectivity index (χ1v) is 5.22. The Kier molecular flexibility index (Phi) is 2.57. The highest BCUT2D eigenvalue weighted by Gasteiger charge is 2.32. The molecule has 2 nitrogen and oxygen atoms in total. The van der Waals surface area contributed by atoms with Crippen molar-refractivity contribution in [2.75, 3.05) is 6.54 Å². The van der Waals surface area contributed by atoms with Crippen LogP contribution in [-0.2, 0) is 5.60 Å². The van der Waals surface area contributed by atoms with Crippen LogP contribution < -0.4 is 5.32 Å². The molecule has 1 aromatic rings. The molecule has 2 N–H and O–H groups in total. The number of benzene rings is 1. The van der Waals surface area contributed by atoms with E-state index in [1.165, 1.54) is 0 Å². The van der Waals surface area contributed by atoms with Crippen molar-refractivity contribution in [3.63, 3.8) is 0 Å². The normalized spacial score (nSPS) is 32.9. The molecule has 1 fully saturated rings. The van der Waals surface area contributed by atoms with Gasteiger partial charge in [-0.1, -0.05) is 30.3 Å². The van der Waals surface area contributed by atoms with E-state index in [0.717, 1.165) is 18.4 Å². The molecule has 2 atom stereocenters. The first kappa shape index (κ1) is 9.69. The first-order valence-electron chi connectivity index (χ1n) is 5.22. The molecule has 1 aliphatic heterocycles. The molecule has 1 heterocycles. The van der Waals surface area contributed by atoms with Gasteiger partial charge in [0.15, 0.2) is 0 Å². The molecule has 0 saturated carbocycles. The maximum atomic E-state index is 10.4. The molecule has 0 unspecified atom stereocenters. The Morgan fingerprint density at radius 3 is 2.64 bits per heavy atom. The van der Waals surface area contributed by atoms with Gasteiger partial charge in [0.1, 0.15) is 5.60 Å². The van der Waals surface area contributed by atoms with Crippen LogP contribution in [0.5, 0.6) is 0 Å². The Labute approximate surface area is 85.0 Å². The molecule has 76 valence electrons. The Morgan fingerprint density at radius 2 is 2.07 bits per heavy atom. The SMILES string of the molecule is C[C@H]1CC[C@@](O)(c2ccccc2)CN1. The monoisotopic (exact) mass is 191 g/mol. The second kappa shape index (κ2) is 3.71. The van der Waals surface area contributed by atoms with Crippen LogP contribution >= 0.6 is 0 Å². The summed E-state index contributed by atoms with van der Waals surface area (Å²) in [6.45, 7) is 2.82. The van der Waals surface area contributed by atoms with Crippen LogP contribution in [0, 0.1) is 0 Å². The quantitative estimate of drug-likeness (QED) is 0.707. The van der Waals surface area contributed by atoms with E-state index in [2.05, 4.69) is 12.2 Å². The standard InChI is InChI=1S/C12H17NO/c1-10-7-8-12(14,9-13-10)11-5-3-2-4-6-11/h2-6,10,13-14H,7-9H2,1H3/t10-,12-/m0/s1. The Balaban J connectivity index is 2.17. The lowest BCUT2D eigenvalue weighted by Gasteiger charge is -2.36. The fourth-order valence-corrected chi connectivity index (χ4v) is 1.98. The predicted octanol–water partition coefficient (Wildman–Crippen LogP) is 1.65. The van der Waals surface area contributed by atoms with Gasteiger partial charge < -0.3 is 10.4 Å². The second-order valence-electron chi connectivity index (χ2n) is 4.22. The number of piperidine rings is 1. The van der Waals surface area contributed by atoms with Gasteiger partial charge in [-0.2, -0.15) is 0 Å².